The predicted octanol–water partition coefficient (Wildman–Crippen LogP) is 3.17. The van der Waals surface area contributed by atoms with Crippen LogP contribution in [0.2, 0.25) is 0 Å². The summed E-state index contributed by atoms with van der Waals surface area (Å²) >= 11 is 3.45. The highest BCUT2D eigenvalue weighted by Gasteiger charge is 2.07. The maximum absolute atomic E-state index is 5.21. The van der Waals surface area contributed by atoms with Gasteiger partial charge in [0.2, 0.25) is 5.89 Å². The van der Waals surface area contributed by atoms with Crippen molar-refractivity contribution in [1.82, 2.24) is 15.5 Å². The number of aromatic nitrogens is 2. The molecule has 0 spiro atoms. The minimum Gasteiger partial charge on any atom is -0.338 e. The van der Waals surface area contributed by atoms with Crippen LogP contribution in [0.4, 0.5) is 0 Å². The van der Waals surface area contributed by atoms with Gasteiger partial charge >= 0.3 is 0 Å². The van der Waals surface area contributed by atoms with Crippen molar-refractivity contribution in [2.45, 2.75) is 26.8 Å². The van der Waals surface area contributed by atoms with E-state index in [-0.39, 0.29) is 0 Å². The lowest BCUT2D eigenvalue weighted by molar-refractivity contribution is 0.360. The van der Waals surface area contributed by atoms with Crippen molar-refractivity contribution in [3.05, 3.63) is 46.0 Å². The Morgan fingerprint density at radius 1 is 1.37 bits per heavy atom. The van der Waals surface area contributed by atoms with Gasteiger partial charge in [0.05, 0.1) is 6.54 Å². The Labute approximate surface area is 121 Å². The second kappa shape index (κ2) is 6.82. The van der Waals surface area contributed by atoms with Crippen LogP contribution in [-0.4, -0.2) is 16.7 Å². The normalized spacial score (nSPS) is 11.2. The lowest BCUT2D eigenvalue weighted by Gasteiger charge is -2.03. The van der Waals surface area contributed by atoms with E-state index in [1.807, 2.05) is 12.1 Å². The fourth-order valence-electron chi connectivity index (χ4n) is 1.73. The van der Waals surface area contributed by atoms with Crippen LogP contribution in [0.25, 0.3) is 0 Å². The molecule has 2 aromatic rings. The summed E-state index contributed by atoms with van der Waals surface area (Å²) in [5, 5.41) is 7.28. The fraction of sp³-hybridized carbons (Fsp3) is 0.429. The summed E-state index contributed by atoms with van der Waals surface area (Å²) in [4.78, 5) is 4.38. The van der Waals surface area contributed by atoms with Gasteiger partial charge in [-0.1, -0.05) is 47.1 Å². The summed E-state index contributed by atoms with van der Waals surface area (Å²) in [5.74, 6) is 1.98. The molecular formula is C14H18BrN3O. The molecule has 1 aromatic heterocycles. The van der Waals surface area contributed by atoms with Crippen molar-refractivity contribution in [3.63, 3.8) is 0 Å². The van der Waals surface area contributed by atoms with Crippen LogP contribution in [0, 0.1) is 5.92 Å². The first-order chi connectivity index (χ1) is 9.13. The number of benzene rings is 1. The first-order valence-electron chi connectivity index (χ1n) is 6.40. The van der Waals surface area contributed by atoms with Crippen LogP contribution in [0.3, 0.4) is 0 Å². The Bertz CT molecular complexity index is 525. The zero-order chi connectivity index (χ0) is 13.7. The number of nitrogens with zero attached hydrogens (tertiary/aromatic N) is 2. The number of nitrogens with one attached hydrogen (secondary N) is 1. The Morgan fingerprint density at radius 3 is 2.95 bits per heavy atom. The van der Waals surface area contributed by atoms with Gasteiger partial charge in [-0.25, -0.2) is 0 Å². The lowest BCUT2D eigenvalue weighted by atomic mass is 10.1. The van der Waals surface area contributed by atoms with Gasteiger partial charge in [-0.2, -0.15) is 4.98 Å². The number of halogens is 1. The van der Waals surface area contributed by atoms with Gasteiger partial charge in [0, 0.05) is 10.9 Å². The molecule has 0 saturated heterocycles. The van der Waals surface area contributed by atoms with Gasteiger partial charge in [-0.15, -0.1) is 0 Å². The molecule has 2 rings (SSSR count). The molecule has 5 heteroatoms. The van der Waals surface area contributed by atoms with Crippen LogP contribution in [0.1, 0.15) is 31.1 Å². The minimum atomic E-state index is 0.615. The van der Waals surface area contributed by atoms with E-state index >= 15 is 0 Å². The average molecular weight is 324 g/mol. The highest BCUT2D eigenvalue weighted by molar-refractivity contribution is 9.10. The highest BCUT2D eigenvalue weighted by atomic mass is 79.9. The van der Waals surface area contributed by atoms with E-state index in [1.165, 1.54) is 0 Å². The van der Waals surface area contributed by atoms with E-state index < -0.39 is 0 Å². The molecular weight excluding hydrogens is 306 g/mol. The monoisotopic (exact) mass is 323 g/mol. The number of hydrogen-bond donors (Lipinski definition) is 1. The summed E-state index contributed by atoms with van der Waals surface area (Å²) in [6.07, 6.45) is 0.688. The summed E-state index contributed by atoms with van der Waals surface area (Å²) < 4.78 is 6.28. The molecule has 0 unspecified atom stereocenters. The summed E-state index contributed by atoms with van der Waals surface area (Å²) in [7, 11) is 0. The largest absolute Gasteiger partial charge is 0.338 e. The van der Waals surface area contributed by atoms with Gasteiger partial charge in [0.1, 0.15) is 0 Å². The van der Waals surface area contributed by atoms with Crippen LogP contribution in [0.15, 0.2) is 33.3 Å². The quantitative estimate of drug-likeness (QED) is 0.887. The average Bonchev–Trinajstić information content (AvgIpc) is 2.76. The molecule has 0 radical (unpaired) electrons. The van der Waals surface area contributed by atoms with E-state index in [9.17, 15) is 0 Å². The third-order valence-electron chi connectivity index (χ3n) is 2.59. The van der Waals surface area contributed by atoms with E-state index in [1.54, 1.807) is 0 Å². The van der Waals surface area contributed by atoms with Gasteiger partial charge in [-0.3, -0.25) is 0 Å². The van der Waals surface area contributed by atoms with Crippen molar-refractivity contribution < 1.29 is 4.52 Å². The maximum atomic E-state index is 5.21. The molecule has 0 fully saturated rings. The van der Waals surface area contributed by atoms with Crippen LogP contribution >= 0.6 is 15.9 Å². The number of rotatable bonds is 6. The standard InChI is InChI=1S/C14H18BrN3O/c1-10(2)8-16-9-14-17-13(18-19-14)7-11-4-3-5-12(15)6-11/h3-6,10,16H,7-9H2,1-2H3. The SMILES string of the molecule is CC(C)CNCc1nc(Cc2cccc(Br)c2)no1. The first-order valence-corrected chi connectivity index (χ1v) is 7.19. The molecule has 4 nitrogen and oxygen atoms in total. The third-order valence-corrected chi connectivity index (χ3v) is 3.08. The first kappa shape index (κ1) is 14.2. The van der Waals surface area contributed by atoms with E-state index in [0.717, 1.165) is 22.4 Å². The molecule has 0 saturated carbocycles. The smallest absolute Gasteiger partial charge is 0.240 e. The summed E-state index contributed by atoms with van der Waals surface area (Å²) in [5.41, 5.74) is 1.16. The topological polar surface area (TPSA) is 51.0 Å². The molecule has 1 aromatic carbocycles. The Hall–Kier alpha value is -1.20. The van der Waals surface area contributed by atoms with Crippen molar-refractivity contribution in [2.75, 3.05) is 6.54 Å². The molecule has 1 N–H and O–H groups in total. The van der Waals surface area contributed by atoms with E-state index in [2.05, 4.69) is 57.4 Å². The molecule has 0 aliphatic carbocycles. The van der Waals surface area contributed by atoms with Gasteiger partial charge < -0.3 is 9.84 Å². The fourth-order valence-corrected chi connectivity index (χ4v) is 2.18. The second-order valence-electron chi connectivity index (χ2n) is 4.94. The summed E-state index contributed by atoms with van der Waals surface area (Å²) in [6, 6.07) is 8.12. The molecule has 19 heavy (non-hydrogen) atoms. The van der Waals surface area contributed by atoms with Crippen molar-refractivity contribution >= 4 is 15.9 Å². The van der Waals surface area contributed by atoms with Gasteiger partial charge in [-0.05, 0) is 30.2 Å². The maximum Gasteiger partial charge on any atom is 0.240 e. The highest BCUT2D eigenvalue weighted by Crippen LogP contribution is 2.14. The van der Waals surface area contributed by atoms with Crippen LogP contribution in [0.5, 0.6) is 0 Å². The third kappa shape index (κ3) is 4.76. The second-order valence-corrected chi connectivity index (χ2v) is 5.85. The molecule has 0 aliphatic heterocycles. The van der Waals surface area contributed by atoms with Crippen molar-refractivity contribution in [2.24, 2.45) is 5.92 Å². The predicted molar refractivity (Wildman–Crippen MR) is 77.8 cm³/mol. The number of hydrogen-bond acceptors (Lipinski definition) is 4. The van der Waals surface area contributed by atoms with Crippen molar-refractivity contribution in [1.29, 1.82) is 0 Å². The lowest BCUT2D eigenvalue weighted by Crippen LogP contribution is -2.19. The Kier molecular flexibility index (Phi) is 5.10. The van der Waals surface area contributed by atoms with Gasteiger partial charge in [0.25, 0.3) is 0 Å². The van der Waals surface area contributed by atoms with E-state index in [4.69, 9.17) is 4.52 Å². The van der Waals surface area contributed by atoms with E-state index in [0.29, 0.717) is 24.8 Å². The molecule has 0 bridgehead atoms. The molecule has 0 aliphatic rings. The van der Waals surface area contributed by atoms with Crippen molar-refractivity contribution in [3.8, 4) is 0 Å². The molecule has 102 valence electrons. The van der Waals surface area contributed by atoms with Gasteiger partial charge in [0.15, 0.2) is 5.82 Å². The molecule has 1 heterocycles. The Balaban J connectivity index is 1.90. The zero-order valence-electron chi connectivity index (χ0n) is 11.2. The Morgan fingerprint density at radius 2 is 2.21 bits per heavy atom. The minimum absolute atomic E-state index is 0.615. The van der Waals surface area contributed by atoms with Crippen LogP contribution < -0.4 is 5.32 Å². The zero-order valence-corrected chi connectivity index (χ0v) is 12.8. The van der Waals surface area contributed by atoms with Crippen LogP contribution in [-0.2, 0) is 13.0 Å². The summed E-state index contributed by atoms with van der Waals surface area (Å²) in [6.45, 7) is 5.91. The molecule has 0 amide bonds. The molecule has 0 atom stereocenters.